The molecule has 0 bridgehead atoms. The van der Waals surface area contributed by atoms with Crippen LogP contribution >= 0.6 is 0 Å². The molecule has 5 nitrogen and oxygen atoms in total. The molecule has 5 heteroatoms. The molecule has 0 spiro atoms. The number of carbonyl (C=O) groups excluding carboxylic acids is 1. The minimum atomic E-state index is -0.0680. The van der Waals surface area contributed by atoms with E-state index >= 15 is 0 Å². The van der Waals surface area contributed by atoms with E-state index in [0.717, 1.165) is 12.2 Å². The van der Waals surface area contributed by atoms with E-state index in [1.165, 1.54) is 0 Å². The van der Waals surface area contributed by atoms with Crippen LogP contribution in [0.2, 0.25) is 0 Å². The monoisotopic (exact) mass is 210 g/mol. The molecule has 0 fully saturated rings. The largest absolute Gasteiger partial charge is 0.330 e. The lowest BCUT2D eigenvalue weighted by Gasteiger charge is -2.03. The van der Waals surface area contributed by atoms with Crippen molar-refractivity contribution in [3.8, 4) is 0 Å². The maximum atomic E-state index is 11.2. The number of hydrogen-bond acceptors (Lipinski definition) is 3. The van der Waals surface area contributed by atoms with Crippen LogP contribution in [0.3, 0.4) is 0 Å². The van der Waals surface area contributed by atoms with Gasteiger partial charge in [-0.1, -0.05) is 13.8 Å². The maximum absolute atomic E-state index is 11.2. The average Bonchev–Trinajstić information content (AvgIpc) is 2.51. The van der Waals surface area contributed by atoms with E-state index in [4.69, 9.17) is 5.73 Å². The van der Waals surface area contributed by atoms with Gasteiger partial charge in [0.05, 0.1) is 11.9 Å². The van der Waals surface area contributed by atoms with E-state index in [1.54, 1.807) is 6.20 Å². The van der Waals surface area contributed by atoms with Crippen molar-refractivity contribution in [2.45, 2.75) is 26.8 Å². The molecule has 1 aromatic rings. The Balaban J connectivity index is 2.49. The second-order valence-electron chi connectivity index (χ2n) is 3.93. The Morgan fingerprint density at radius 3 is 3.00 bits per heavy atom. The fourth-order valence-electron chi connectivity index (χ4n) is 1.26. The minimum absolute atomic E-state index is 0.0680. The smallest absolute Gasteiger partial charge is 0.225 e. The van der Waals surface area contributed by atoms with Crippen LogP contribution in [-0.4, -0.2) is 22.2 Å². The predicted octanol–water partition coefficient (Wildman–Crippen LogP) is 0.826. The lowest BCUT2D eigenvalue weighted by atomic mass is 10.2. The molecule has 3 N–H and O–H groups in total. The molecule has 0 atom stereocenters. The van der Waals surface area contributed by atoms with Crippen molar-refractivity contribution in [3.05, 3.63) is 12.4 Å². The summed E-state index contributed by atoms with van der Waals surface area (Å²) in [7, 11) is 0. The zero-order chi connectivity index (χ0) is 11.3. The van der Waals surface area contributed by atoms with Crippen LogP contribution in [0.1, 0.15) is 20.3 Å². The third-order valence-electron chi connectivity index (χ3n) is 1.84. The molecule has 0 unspecified atom stereocenters. The molecular weight excluding hydrogens is 192 g/mol. The van der Waals surface area contributed by atoms with Gasteiger partial charge < -0.3 is 11.1 Å². The van der Waals surface area contributed by atoms with E-state index in [9.17, 15) is 4.79 Å². The van der Waals surface area contributed by atoms with E-state index in [-0.39, 0.29) is 5.91 Å². The Morgan fingerprint density at radius 1 is 1.67 bits per heavy atom. The molecule has 0 aliphatic rings. The quantitative estimate of drug-likeness (QED) is 0.756. The minimum Gasteiger partial charge on any atom is -0.330 e. The second kappa shape index (κ2) is 5.50. The van der Waals surface area contributed by atoms with Gasteiger partial charge in [0.15, 0.2) is 0 Å². The van der Waals surface area contributed by atoms with Crippen LogP contribution in [0.4, 0.5) is 5.69 Å². The van der Waals surface area contributed by atoms with E-state index in [2.05, 4.69) is 24.3 Å². The number of nitrogens with zero attached hydrogens (tertiary/aromatic N) is 2. The molecule has 0 saturated heterocycles. The Hall–Kier alpha value is -1.36. The number of nitrogens with one attached hydrogen (secondary N) is 1. The topological polar surface area (TPSA) is 72.9 Å². The summed E-state index contributed by atoms with van der Waals surface area (Å²) in [6.07, 6.45) is 3.82. The summed E-state index contributed by atoms with van der Waals surface area (Å²) in [6, 6.07) is 0. The number of amides is 1. The molecule has 1 rings (SSSR count). The van der Waals surface area contributed by atoms with Gasteiger partial charge in [-0.2, -0.15) is 5.10 Å². The standard InChI is InChI=1S/C10H18N4O/c1-8(2)6-14-7-9(5-12-14)13-10(15)3-4-11/h5,7-8H,3-4,6,11H2,1-2H3,(H,13,15). The fraction of sp³-hybridized carbons (Fsp3) is 0.600. The van der Waals surface area contributed by atoms with Crippen LogP contribution in [0, 0.1) is 5.92 Å². The number of aromatic nitrogens is 2. The maximum Gasteiger partial charge on any atom is 0.225 e. The summed E-state index contributed by atoms with van der Waals surface area (Å²) in [6.45, 7) is 5.46. The van der Waals surface area contributed by atoms with Crippen molar-refractivity contribution in [3.63, 3.8) is 0 Å². The third kappa shape index (κ3) is 4.12. The van der Waals surface area contributed by atoms with Gasteiger partial charge in [-0.3, -0.25) is 9.48 Å². The number of nitrogens with two attached hydrogens (primary N) is 1. The van der Waals surface area contributed by atoms with E-state index in [1.807, 2.05) is 10.9 Å². The second-order valence-corrected chi connectivity index (χ2v) is 3.93. The summed E-state index contributed by atoms with van der Waals surface area (Å²) in [5.74, 6) is 0.471. The number of anilines is 1. The van der Waals surface area contributed by atoms with Gasteiger partial charge in [-0.15, -0.1) is 0 Å². The van der Waals surface area contributed by atoms with E-state index in [0.29, 0.717) is 18.9 Å². The summed E-state index contributed by atoms with van der Waals surface area (Å²) in [5.41, 5.74) is 6.00. The third-order valence-corrected chi connectivity index (χ3v) is 1.84. The predicted molar refractivity (Wildman–Crippen MR) is 59.4 cm³/mol. The number of rotatable bonds is 5. The highest BCUT2D eigenvalue weighted by Crippen LogP contribution is 2.07. The Kier molecular flexibility index (Phi) is 4.30. The number of hydrogen-bond donors (Lipinski definition) is 2. The molecule has 1 aromatic heterocycles. The Labute approximate surface area is 89.6 Å². The average molecular weight is 210 g/mol. The van der Waals surface area contributed by atoms with Crippen molar-refractivity contribution in [2.75, 3.05) is 11.9 Å². The highest BCUT2D eigenvalue weighted by molar-refractivity contribution is 5.90. The SMILES string of the molecule is CC(C)Cn1cc(NC(=O)CCN)cn1. The van der Waals surface area contributed by atoms with Gasteiger partial charge in [-0.25, -0.2) is 0 Å². The molecule has 84 valence electrons. The summed E-state index contributed by atoms with van der Waals surface area (Å²) < 4.78 is 1.82. The van der Waals surface area contributed by atoms with Crippen LogP contribution in [0.15, 0.2) is 12.4 Å². The molecule has 0 aliphatic heterocycles. The van der Waals surface area contributed by atoms with Gasteiger partial charge in [-0.05, 0) is 5.92 Å². The lowest BCUT2D eigenvalue weighted by molar-refractivity contribution is -0.116. The summed E-state index contributed by atoms with van der Waals surface area (Å²) in [4.78, 5) is 11.2. The van der Waals surface area contributed by atoms with Crippen molar-refractivity contribution >= 4 is 11.6 Å². The molecule has 0 aliphatic carbocycles. The first kappa shape index (κ1) is 11.7. The zero-order valence-electron chi connectivity index (χ0n) is 9.23. The Morgan fingerprint density at radius 2 is 2.40 bits per heavy atom. The lowest BCUT2D eigenvalue weighted by Crippen LogP contribution is -2.15. The van der Waals surface area contributed by atoms with Gasteiger partial charge >= 0.3 is 0 Å². The first-order chi connectivity index (χ1) is 7.11. The Bertz CT molecular complexity index is 319. The highest BCUT2D eigenvalue weighted by atomic mass is 16.1. The van der Waals surface area contributed by atoms with Crippen LogP contribution in [0.5, 0.6) is 0 Å². The first-order valence-corrected chi connectivity index (χ1v) is 5.14. The fourth-order valence-corrected chi connectivity index (χ4v) is 1.26. The number of carbonyl (C=O) groups is 1. The van der Waals surface area contributed by atoms with Crippen molar-refractivity contribution in [2.24, 2.45) is 11.7 Å². The highest BCUT2D eigenvalue weighted by Gasteiger charge is 2.04. The normalized spacial score (nSPS) is 10.7. The van der Waals surface area contributed by atoms with Crippen LogP contribution < -0.4 is 11.1 Å². The van der Waals surface area contributed by atoms with Crippen molar-refractivity contribution in [1.82, 2.24) is 9.78 Å². The van der Waals surface area contributed by atoms with Crippen LogP contribution in [-0.2, 0) is 11.3 Å². The summed E-state index contributed by atoms with van der Waals surface area (Å²) in [5, 5.41) is 6.87. The van der Waals surface area contributed by atoms with Crippen LogP contribution in [0.25, 0.3) is 0 Å². The van der Waals surface area contributed by atoms with Gasteiger partial charge in [0, 0.05) is 25.7 Å². The van der Waals surface area contributed by atoms with Gasteiger partial charge in [0.1, 0.15) is 0 Å². The van der Waals surface area contributed by atoms with E-state index < -0.39 is 0 Å². The van der Waals surface area contributed by atoms with Gasteiger partial charge in [0.2, 0.25) is 5.91 Å². The zero-order valence-corrected chi connectivity index (χ0v) is 9.23. The van der Waals surface area contributed by atoms with Crippen molar-refractivity contribution in [1.29, 1.82) is 0 Å². The molecule has 0 aromatic carbocycles. The van der Waals surface area contributed by atoms with Crippen molar-refractivity contribution < 1.29 is 4.79 Å². The summed E-state index contributed by atoms with van der Waals surface area (Å²) >= 11 is 0. The first-order valence-electron chi connectivity index (χ1n) is 5.14. The molecule has 1 amide bonds. The molecule has 1 heterocycles. The molecule has 0 saturated carbocycles. The van der Waals surface area contributed by atoms with Gasteiger partial charge in [0.25, 0.3) is 0 Å². The molecule has 15 heavy (non-hydrogen) atoms. The molecular formula is C10H18N4O. The molecule has 0 radical (unpaired) electrons.